The molecule has 4 aromatic rings. The second-order valence-electron chi connectivity index (χ2n) is 8.06. The molecular formula is C23H21F4N7O. The van der Waals surface area contributed by atoms with Crippen molar-refractivity contribution in [1.29, 1.82) is 0 Å². The quantitative estimate of drug-likeness (QED) is 0.414. The third-order valence-electron chi connectivity index (χ3n) is 5.72. The fourth-order valence-corrected chi connectivity index (χ4v) is 4.06. The highest BCUT2D eigenvalue weighted by molar-refractivity contribution is 5.90. The lowest BCUT2D eigenvalue weighted by atomic mass is 10.0. The number of ether oxygens (including phenoxy) is 1. The van der Waals surface area contributed by atoms with Crippen LogP contribution in [0.4, 0.5) is 23.4 Å². The number of aromatic amines is 1. The summed E-state index contributed by atoms with van der Waals surface area (Å²) in [5.74, 6) is -0.643. The molecule has 35 heavy (non-hydrogen) atoms. The van der Waals surface area contributed by atoms with Crippen LogP contribution in [0.2, 0.25) is 0 Å². The van der Waals surface area contributed by atoms with E-state index < -0.39 is 23.1 Å². The first-order chi connectivity index (χ1) is 16.8. The molecule has 182 valence electrons. The highest BCUT2D eigenvalue weighted by Crippen LogP contribution is 2.39. The zero-order valence-electron chi connectivity index (χ0n) is 18.7. The molecule has 1 aliphatic heterocycles. The lowest BCUT2D eigenvalue weighted by Gasteiger charge is -2.27. The zero-order valence-corrected chi connectivity index (χ0v) is 18.7. The first kappa shape index (κ1) is 23.1. The van der Waals surface area contributed by atoms with Crippen molar-refractivity contribution in [2.45, 2.75) is 12.7 Å². The largest absolute Gasteiger partial charge is 0.417 e. The van der Waals surface area contributed by atoms with Gasteiger partial charge in [-0.05, 0) is 36.9 Å². The van der Waals surface area contributed by atoms with Crippen molar-refractivity contribution in [2.24, 2.45) is 0 Å². The molecule has 12 heteroatoms. The van der Waals surface area contributed by atoms with Crippen molar-refractivity contribution in [2.75, 3.05) is 38.3 Å². The van der Waals surface area contributed by atoms with Crippen LogP contribution >= 0.6 is 0 Å². The minimum Gasteiger partial charge on any atom is -0.378 e. The Bertz CT molecular complexity index is 1350. The summed E-state index contributed by atoms with van der Waals surface area (Å²) in [5, 5.41) is 9.75. The van der Waals surface area contributed by atoms with E-state index in [-0.39, 0.29) is 23.4 Å². The molecule has 5 rings (SSSR count). The van der Waals surface area contributed by atoms with Gasteiger partial charge in [0.1, 0.15) is 28.4 Å². The lowest BCUT2D eigenvalue weighted by molar-refractivity contribution is -0.137. The number of halogens is 4. The van der Waals surface area contributed by atoms with Crippen molar-refractivity contribution in [3.63, 3.8) is 0 Å². The SMILES string of the molecule is CNCc1cc(F)c(-c2ncc3[nH]nc(-c4ccc(N5CCOCC5)nc4)c3n2)c(C(F)(F)F)c1. The topological polar surface area (TPSA) is 91.9 Å². The molecule has 1 saturated heterocycles. The predicted molar refractivity (Wildman–Crippen MR) is 121 cm³/mol. The number of H-pyrrole nitrogens is 1. The van der Waals surface area contributed by atoms with Crippen molar-refractivity contribution >= 4 is 16.9 Å². The Balaban J connectivity index is 1.56. The molecule has 0 bridgehead atoms. The number of nitrogens with one attached hydrogen (secondary N) is 2. The van der Waals surface area contributed by atoms with Crippen molar-refractivity contribution < 1.29 is 22.3 Å². The summed E-state index contributed by atoms with van der Waals surface area (Å²) in [6.07, 6.45) is -1.88. The Morgan fingerprint density at radius 3 is 2.60 bits per heavy atom. The second kappa shape index (κ2) is 9.19. The minimum atomic E-state index is -4.79. The summed E-state index contributed by atoms with van der Waals surface area (Å²) >= 11 is 0. The molecule has 0 spiro atoms. The molecule has 0 aliphatic carbocycles. The summed E-state index contributed by atoms with van der Waals surface area (Å²) in [6, 6.07) is 5.61. The van der Waals surface area contributed by atoms with E-state index in [2.05, 4.69) is 35.4 Å². The Labute approximate surface area is 197 Å². The number of pyridine rings is 1. The van der Waals surface area contributed by atoms with E-state index in [0.717, 1.165) is 31.0 Å². The maximum Gasteiger partial charge on any atom is 0.417 e. The van der Waals surface area contributed by atoms with Crippen LogP contribution in [0.25, 0.3) is 33.7 Å². The third-order valence-corrected chi connectivity index (χ3v) is 5.72. The molecule has 0 unspecified atom stereocenters. The number of fused-ring (bicyclic) bond motifs is 1. The average molecular weight is 487 g/mol. The number of rotatable bonds is 5. The molecule has 1 fully saturated rings. The molecule has 4 heterocycles. The Morgan fingerprint density at radius 2 is 1.91 bits per heavy atom. The van der Waals surface area contributed by atoms with Crippen LogP contribution in [0.15, 0.2) is 36.7 Å². The maximum absolute atomic E-state index is 15.0. The van der Waals surface area contributed by atoms with Gasteiger partial charge in [0.25, 0.3) is 0 Å². The summed E-state index contributed by atoms with van der Waals surface area (Å²) in [5.41, 5.74) is -0.0118. The first-order valence-electron chi connectivity index (χ1n) is 10.9. The molecule has 0 amide bonds. The van der Waals surface area contributed by atoms with Gasteiger partial charge in [0.15, 0.2) is 5.82 Å². The Morgan fingerprint density at radius 1 is 1.11 bits per heavy atom. The van der Waals surface area contributed by atoms with Crippen LogP contribution in [0.5, 0.6) is 0 Å². The number of hydrogen-bond acceptors (Lipinski definition) is 7. The van der Waals surface area contributed by atoms with Gasteiger partial charge in [-0.1, -0.05) is 0 Å². The maximum atomic E-state index is 15.0. The van der Waals surface area contributed by atoms with Crippen LogP contribution in [0.3, 0.4) is 0 Å². The number of benzene rings is 1. The zero-order chi connectivity index (χ0) is 24.6. The number of nitrogens with zero attached hydrogens (tertiary/aromatic N) is 5. The van der Waals surface area contributed by atoms with E-state index in [1.54, 1.807) is 13.2 Å². The van der Waals surface area contributed by atoms with Crippen molar-refractivity contribution in [3.05, 3.63) is 53.6 Å². The third kappa shape index (κ3) is 4.54. The molecular weight excluding hydrogens is 466 g/mol. The molecule has 2 N–H and O–H groups in total. The highest BCUT2D eigenvalue weighted by Gasteiger charge is 2.36. The molecule has 3 aromatic heterocycles. The Kier molecular flexibility index (Phi) is 6.07. The van der Waals surface area contributed by atoms with Crippen molar-refractivity contribution in [3.8, 4) is 22.6 Å². The van der Waals surface area contributed by atoms with Gasteiger partial charge in [0.2, 0.25) is 0 Å². The summed E-state index contributed by atoms with van der Waals surface area (Å²) in [4.78, 5) is 14.9. The van der Waals surface area contributed by atoms with Gasteiger partial charge in [0.05, 0.1) is 30.5 Å². The first-order valence-corrected chi connectivity index (χ1v) is 10.9. The molecule has 0 atom stereocenters. The van der Waals surface area contributed by atoms with E-state index in [1.807, 2.05) is 12.1 Å². The average Bonchev–Trinajstić information content (AvgIpc) is 3.27. The van der Waals surface area contributed by atoms with Crippen LogP contribution in [0.1, 0.15) is 11.1 Å². The second-order valence-corrected chi connectivity index (χ2v) is 8.06. The van der Waals surface area contributed by atoms with Gasteiger partial charge in [-0.2, -0.15) is 18.3 Å². The Hall–Kier alpha value is -3.64. The highest BCUT2D eigenvalue weighted by atomic mass is 19.4. The van der Waals surface area contributed by atoms with Gasteiger partial charge in [-0.15, -0.1) is 0 Å². The van der Waals surface area contributed by atoms with Gasteiger partial charge in [0, 0.05) is 31.4 Å². The number of morpholine rings is 1. The van der Waals surface area contributed by atoms with E-state index in [9.17, 15) is 17.6 Å². The van der Waals surface area contributed by atoms with Crippen LogP contribution in [-0.2, 0) is 17.5 Å². The fraction of sp³-hybridized carbons (Fsp3) is 0.304. The molecule has 8 nitrogen and oxygen atoms in total. The van der Waals surface area contributed by atoms with Gasteiger partial charge < -0.3 is 15.0 Å². The molecule has 0 saturated carbocycles. The van der Waals surface area contributed by atoms with Crippen LogP contribution in [-0.4, -0.2) is 58.5 Å². The predicted octanol–water partition coefficient (Wildman–Crippen LogP) is 3.80. The number of anilines is 1. The number of alkyl halides is 3. The monoisotopic (exact) mass is 487 g/mol. The molecule has 1 aromatic carbocycles. The van der Waals surface area contributed by atoms with E-state index in [1.165, 1.54) is 6.20 Å². The molecule has 1 aliphatic rings. The van der Waals surface area contributed by atoms with Gasteiger partial charge >= 0.3 is 6.18 Å². The molecule has 0 radical (unpaired) electrons. The number of hydrogen-bond donors (Lipinski definition) is 2. The summed E-state index contributed by atoms with van der Waals surface area (Å²) in [7, 11) is 1.57. The van der Waals surface area contributed by atoms with E-state index >= 15 is 0 Å². The number of aromatic nitrogens is 5. The minimum absolute atomic E-state index is 0.0828. The fourth-order valence-electron chi connectivity index (χ4n) is 4.06. The normalized spacial score (nSPS) is 14.6. The smallest absolute Gasteiger partial charge is 0.378 e. The van der Waals surface area contributed by atoms with E-state index in [0.29, 0.717) is 30.0 Å². The summed E-state index contributed by atoms with van der Waals surface area (Å²) < 4.78 is 61.9. The van der Waals surface area contributed by atoms with E-state index in [4.69, 9.17) is 4.74 Å². The lowest BCUT2D eigenvalue weighted by Crippen LogP contribution is -2.36. The van der Waals surface area contributed by atoms with Gasteiger partial charge in [-0.25, -0.2) is 19.3 Å². The van der Waals surface area contributed by atoms with Crippen LogP contribution < -0.4 is 10.2 Å². The van der Waals surface area contributed by atoms with Crippen molar-refractivity contribution in [1.82, 2.24) is 30.5 Å². The van der Waals surface area contributed by atoms with Gasteiger partial charge in [-0.3, -0.25) is 5.10 Å². The van der Waals surface area contributed by atoms with Crippen LogP contribution in [0, 0.1) is 5.82 Å². The standard InChI is InChI=1S/C23H21F4N7O/c1-28-10-13-8-15(23(25,26)27)19(16(24)9-13)22-30-12-17-21(31-22)20(33-32-17)14-2-3-18(29-11-14)34-4-6-35-7-5-34/h2-3,8-9,11-12,28H,4-7,10H2,1H3,(H,32,33). The summed E-state index contributed by atoms with van der Waals surface area (Å²) in [6.45, 7) is 2.79.